The Bertz CT molecular complexity index is 979. The van der Waals surface area contributed by atoms with Crippen LogP contribution in [0.4, 0.5) is 10.5 Å². The molecule has 0 saturated carbocycles. The number of nitriles is 1. The topological polar surface area (TPSA) is 109 Å². The van der Waals surface area contributed by atoms with Gasteiger partial charge in [0.05, 0.1) is 28.5 Å². The molecule has 0 aromatic heterocycles. The molecule has 0 aliphatic carbocycles. The van der Waals surface area contributed by atoms with Crippen LogP contribution in [0.3, 0.4) is 0 Å². The van der Waals surface area contributed by atoms with E-state index in [0.29, 0.717) is 32.2 Å². The number of halogens is 2. The minimum atomic E-state index is -0.832. The van der Waals surface area contributed by atoms with Gasteiger partial charge in [-0.3, -0.25) is 10.1 Å². The largest absolute Gasteiger partial charge is 0.506 e. The predicted molar refractivity (Wildman–Crippen MR) is 126 cm³/mol. The lowest BCUT2D eigenvalue weighted by Crippen LogP contribution is -2.23. The Kier molecular flexibility index (Phi) is 9.68. The third-order valence-electron chi connectivity index (χ3n) is 4.34. The van der Waals surface area contributed by atoms with Gasteiger partial charge in [0, 0.05) is 21.6 Å². The number of carbonyl (C=O) groups excluding carboxylic acids is 2. The number of anilines is 1. The number of amides is 1. The van der Waals surface area contributed by atoms with Gasteiger partial charge in [-0.1, -0.05) is 22.9 Å². The minimum Gasteiger partial charge on any atom is -0.506 e. The van der Waals surface area contributed by atoms with Gasteiger partial charge >= 0.3 is 12.1 Å². The Morgan fingerprint density at radius 1 is 1.26 bits per heavy atom. The molecule has 164 valence electrons. The molecule has 0 bridgehead atoms. The van der Waals surface area contributed by atoms with Gasteiger partial charge in [-0.15, -0.1) is 0 Å². The molecule has 0 spiro atoms. The summed E-state index contributed by atoms with van der Waals surface area (Å²) in [6.07, 6.45) is -1.18. The Morgan fingerprint density at radius 2 is 1.94 bits per heavy atom. The molecule has 0 aliphatic heterocycles. The zero-order valence-electron chi connectivity index (χ0n) is 16.5. The minimum absolute atomic E-state index is 0.0271. The number of benzene rings is 2. The number of esters is 1. The highest BCUT2D eigenvalue weighted by atomic mass is 79.9. The standard InChI is InChI=1S/C21H20Br2N2O5S/c1-12(6-7-29-18(26)11-31)20(16-8-14(22)9-17(23)19(16)27)30-21(28)25-15-4-2-13(10-24)3-5-15/h2-5,8-9,12,20,27,31H,6-7,11H2,1H3,(H,25,28)/t12-,20-/m1/s1. The summed E-state index contributed by atoms with van der Waals surface area (Å²) >= 11 is 10.5. The van der Waals surface area contributed by atoms with Crippen molar-refractivity contribution in [3.8, 4) is 11.8 Å². The Balaban J connectivity index is 2.21. The summed E-state index contributed by atoms with van der Waals surface area (Å²) in [6, 6.07) is 11.7. The Hall–Kier alpha value is -2.22. The average molecular weight is 572 g/mol. The van der Waals surface area contributed by atoms with Crippen molar-refractivity contribution in [2.75, 3.05) is 17.7 Å². The Morgan fingerprint density at radius 3 is 2.55 bits per heavy atom. The molecule has 0 radical (unpaired) electrons. The summed E-state index contributed by atoms with van der Waals surface area (Å²) < 4.78 is 11.8. The number of hydrogen-bond acceptors (Lipinski definition) is 7. The Labute approximate surface area is 202 Å². The number of thiol groups is 1. The molecule has 0 aliphatic rings. The second kappa shape index (κ2) is 12.0. The molecule has 2 aromatic rings. The number of ether oxygens (including phenoxy) is 2. The van der Waals surface area contributed by atoms with Gasteiger partial charge in [0.2, 0.25) is 0 Å². The quantitative estimate of drug-likeness (QED) is 0.282. The van der Waals surface area contributed by atoms with Gasteiger partial charge in [0.1, 0.15) is 11.9 Å². The van der Waals surface area contributed by atoms with Crippen LogP contribution >= 0.6 is 44.5 Å². The maximum absolute atomic E-state index is 12.6. The first-order valence-electron chi connectivity index (χ1n) is 9.17. The number of hydrogen-bond donors (Lipinski definition) is 3. The fraction of sp³-hybridized carbons (Fsp3) is 0.286. The number of aromatic hydroxyl groups is 1. The van der Waals surface area contributed by atoms with E-state index < -0.39 is 18.2 Å². The number of phenolic OH excluding ortho intramolecular Hbond substituents is 1. The molecule has 0 heterocycles. The van der Waals surface area contributed by atoms with Gasteiger partial charge in [-0.25, -0.2) is 4.79 Å². The molecule has 10 heteroatoms. The molecule has 7 nitrogen and oxygen atoms in total. The van der Waals surface area contributed by atoms with E-state index in [2.05, 4.69) is 49.8 Å². The summed E-state index contributed by atoms with van der Waals surface area (Å²) in [7, 11) is 0. The number of nitrogens with one attached hydrogen (secondary N) is 1. The number of carbonyl (C=O) groups is 2. The SMILES string of the molecule is C[C@H](CCOC(=O)CS)[C@@H](OC(=O)Nc1ccc(C#N)cc1)c1cc(Br)cc(Br)c1O. The molecule has 0 fully saturated rings. The van der Waals surface area contributed by atoms with Crippen LogP contribution in [0, 0.1) is 17.2 Å². The number of phenols is 1. The first-order valence-corrected chi connectivity index (χ1v) is 11.4. The van der Waals surface area contributed by atoms with Gasteiger partial charge in [-0.2, -0.15) is 17.9 Å². The first kappa shape index (κ1) is 25.0. The summed E-state index contributed by atoms with van der Waals surface area (Å²) in [5.41, 5.74) is 1.31. The zero-order chi connectivity index (χ0) is 23.0. The summed E-state index contributed by atoms with van der Waals surface area (Å²) in [5, 5.41) is 22.0. The molecular weight excluding hydrogens is 552 g/mol. The third-order valence-corrected chi connectivity index (χ3v) is 5.66. The van der Waals surface area contributed by atoms with E-state index in [1.54, 1.807) is 36.4 Å². The van der Waals surface area contributed by atoms with Crippen molar-refractivity contribution in [2.45, 2.75) is 19.4 Å². The van der Waals surface area contributed by atoms with Crippen molar-refractivity contribution < 1.29 is 24.2 Å². The molecule has 2 rings (SSSR count). The van der Waals surface area contributed by atoms with Crippen molar-refractivity contribution in [2.24, 2.45) is 5.92 Å². The predicted octanol–water partition coefficient (Wildman–Crippen LogP) is 5.58. The smallest absolute Gasteiger partial charge is 0.412 e. The molecule has 2 aromatic carbocycles. The molecule has 2 N–H and O–H groups in total. The van der Waals surface area contributed by atoms with Gasteiger partial charge in [0.25, 0.3) is 0 Å². The van der Waals surface area contributed by atoms with E-state index in [4.69, 9.17) is 14.7 Å². The van der Waals surface area contributed by atoms with Gasteiger partial charge < -0.3 is 14.6 Å². The van der Waals surface area contributed by atoms with Crippen LogP contribution in [0.2, 0.25) is 0 Å². The molecule has 31 heavy (non-hydrogen) atoms. The molecular formula is C21H20Br2N2O5S. The molecule has 0 saturated heterocycles. The van der Waals surface area contributed by atoms with Crippen molar-refractivity contribution in [3.05, 3.63) is 56.5 Å². The fourth-order valence-corrected chi connectivity index (χ4v) is 4.08. The highest BCUT2D eigenvalue weighted by Crippen LogP contribution is 2.40. The highest BCUT2D eigenvalue weighted by molar-refractivity contribution is 9.11. The van der Waals surface area contributed by atoms with Crippen LogP contribution in [-0.4, -0.2) is 29.5 Å². The lowest BCUT2D eigenvalue weighted by molar-refractivity contribution is -0.141. The van der Waals surface area contributed by atoms with Crippen LogP contribution in [0.1, 0.15) is 30.6 Å². The van der Waals surface area contributed by atoms with E-state index in [9.17, 15) is 14.7 Å². The van der Waals surface area contributed by atoms with Crippen molar-refractivity contribution in [3.63, 3.8) is 0 Å². The summed E-state index contributed by atoms with van der Waals surface area (Å²) in [5.74, 6) is -0.828. The van der Waals surface area contributed by atoms with Crippen molar-refractivity contribution in [1.29, 1.82) is 5.26 Å². The molecule has 0 unspecified atom stereocenters. The number of rotatable bonds is 8. The number of nitrogens with zero attached hydrogens (tertiary/aromatic N) is 1. The van der Waals surface area contributed by atoms with Crippen LogP contribution in [0.25, 0.3) is 0 Å². The third kappa shape index (κ3) is 7.45. The second-order valence-electron chi connectivity index (χ2n) is 6.61. The van der Waals surface area contributed by atoms with Crippen molar-refractivity contribution >= 4 is 62.2 Å². The van der Waals surface area contributed by atoms with Crippen LogP contribution in [-0.2, 0) is 14.3 Å². The zero-order valence-corrected chi connectivity index (χ0v) is 20.5. The first-order chi connectivity index (χ1) is 14.7. The lowest BCUT2D eigenvalue weighted by Gasteiger charge is -2.26. The van der Waals surface area contributed by atoms with Crippen molar-refractivity contribution in [1.82, 2.24) is 0 Å². The van der Waals surface area contributed by atoms with Gasteiger partial charge in [-0.05, 0) is 58.7 Å². The lowest BCUT2D eigenvalue weighted by atomic mass is 9.94. The average Bonchev–Trinajstić information content (AvgIpc) is 2.75. The van der Waals surface area contributed by atoms with E-state index in [1.165, 1.54) is 0 Å². The normalized spacial score (nSPS) is 12.4. The summed E-state index contributed by atoms with van der Waals surface area (Å²) in [4.78, 5) is 23.9. The van der Waals surface area contributed by atoms with E-state index in [-0.39, 0.29) is 24.0 Å². The maximum Gasteiger partial charge on any atom is 0.412 e. The molecule has 1 amide bonds. The van der Waals surface area contributed by atoms with E-state index in [1.807, 2.05) is 13.0 Å². The van der Waals surface area contributed by atoms with Gasteiger partial charge in [0.15, 0.2) is 0 Å². The monoisotopic (exact) mass is 570 g/mol. The molecule has 2 atom stereocenters. The fourth-order valence-electron chi connectivity index (χ4n) is 2.74. The van der Waals surface area contributed by atoms with Crippen LogP contribution < -0.4 is 5.32 Å². The van der Waals surface area contributed by atoms with Crippen LogP contribution in [0.5, 0.6) is 5.75 Å². The van der Waals surface area contributed by atoms with Crippen LogP contribution in [0.15, 0.2) is 45.3 Å². The van der Waals surface area contributed by atoms with E-state index >= 15 is 0 Å². The summed E-state index contributed by atoms with van der Waals surface area (Å²) in [6.45, 7) is 1.94. The maximum atomic E-state index is 12.6. The highest BCUT2D eigenvalue weighted by Gasteiger charge is 2.28. The van der Waals surface area contributed by atoms with E-state index in [0.717, 1.165) is 0 Å². The second-order valence-corrected chi connectivity index (χ2v) is 8.70.